The third-order valence-corrected chi connectivity index (χ3v) is 3.08. The molecule has 0 N–H and O–H groups in total. The molecule has 0 heterocycles. The predicted molar refractivity (Wildman–Crippen MR) is 62.0 cm³/mol. The lowest BCUT2D eigenvalue weighted by Crippen LogP contribution is -1.92. The SMILES string of the molecule is [O]C(=O)c1ccc(Sc2ccccc2)cc1. The summed E-state index contributed by atoms with van der Waals surface area (Å²) < 4.78 is 0. The Bertz CT molecular complexity index is 477. The van der Waals surface area contributed by atoms with Crippen molar-refractivity contribution in [3.8, 4) is 0 Å². The van der Waals surface area contributed by atoms with E-state index in [-0.39, 0.29) is 5.56 Å². The second kappa shape index (κ2) is 4.86. The summed E-state index contributed by atoms with van der Waals surface area (Å²) in [6, 6.07) is 16.6. The average Bonchev–Trinajstić information content (AvgIpc) is 2.31. The van der Waals surface area contributed by atoms with Gasteiger partial charge < -0.3 is 0 Å². The molecule has 0 saturated carbocycles. The minimum atomic E-state index is -1.14. The molecule has 2 aromatic carbocycles. The summed E-state index contributed by atoms with van der Waals surface area (Å²) in [5.41, 5.74) is 0.206. The average molecular weight is 229 g/mol. The van der Waals surface area contributed by atoms with Crippen LogP contribution in [0.2, 0.25) is 0 Å². The molecule has 0 bridgehead atoms. The highest BCUT2D eigenvalue weighted by Gasteiger charge is 2.04. The van der Waals surface area contributed by atoms with Gasteiger partial charge in [-0.1, -0.05) is 30.0 Å². The van der Waals surface area contributed by atoms with Gasteiger partial charge in [0.15, 0.2) is 0 Å². The summed E-state index contributed by atoms with van der Waals surface area (Å²) in [7, 11) is 0. The van der Waals surface area contributed by atoms with Gasteiger partial charge in [-0.25, -0.2) is 9.90 Å². The molecule has 0 saturated heterocycles. The zero-order chi connectivity index (χ0) is 11.4. The van der Waals surface area contributed by atoms with Crippen molar-refractivity contribution >= 4 is 17.7 Å². The van der Waals surface area contributed by atoms with Gasteiger partial charge in [0, 0.05) is 9.79 Å². The summed E-state index contributed by atoms with van der Waals surface area (Å²) in [6.07, 6.45) is 0. The predicted octanol–water partition coefficient (Wildman–Crippen LogP) is 3.41. The van der Waals surface area contributed by atoms with Crippen LogP contribution >= 0.6 is 11.8 Å². The maximum atomic E-state index is 10.6. The van der Waals surface area contributed by atoms with E-state index in [2.05, 4.69) is 0 Å². The molecule has 0 aliphatic heterocycles. The van der Waals surface area contributed by atoms with Gasteiger partial charge in [0.25, 0.3) is 0 Å². The number of benzene rings is 2. The topological polar surface area (TPSA) is 37.0 Å². The number of carbonyl (C=O) groups excluding carboxylic acids is 1. The van der Waals surface area contributed by atoms with Crippen LogP contribution in [0.3, 0.4) is 0 Å². The van der Waals surface area contributed by atoms with Gasteiger partial charge in [-0.15, -0.1) is 0 Å². The van der Waals surface area contributed by atoms with E-state index in [0.29, 0.717) is 0 Å². The molecule has 0 atom stereocenters. The molecule has 0 spiro atoms. The molecule has 16 heavy (non-hydrogen) atoms. The summed E-state index contributed by atoms with van der Waals surface area (Å²) in [5.74, 6) is -1.14. The standard InChI is InChI=1S/C13H9O2S/c14-13(15)10-6-8-12(9-7-10)16-11-4-2-1-3-5-11/h1-9H. The molecule has 0 aromatic heterocycles. The number of hydrogen-bond donors (Lipinski definition) is 0. The van der Waals surface area contributed by atoms with Crippen LogP contribution in [0, 0.1) is 0 Å². The monoisotopic (exact) mass is 229 g/mol. The molecule has 0 amide bonds. The zero-order valence-corrected chi connectivity index (χ0v) is 9.24. The highest BCUT2D eigenvalue weighted by molar-refractivity contribution is 7.99. The molecule has 2 aromatic rings. The fourth-order valence-electron chi connectivity index (χ4n) is 1.28. The van der Waals surface area contributed by atoms with E-state index in [1.165, 1.54) is 0 Å². The second-order valence-corrected chi connectivity index (χ2v) is 4.37. The van der Waals surface area contributed by atoms with Gasteiger partial charge in [0.1, 0.15) is 0 Å². The minimum Gasteiger partial charge on any atom is -0.242 e. The van der Waals surface area contributed by atoms with Crippen LogP contribution in [-0.2, 0) is 5.11 Å². The number of hydrogen-bond acceptors (Lipinski definition) is 2. The van der Waals surface area contributed by atoms with Crippen molar-refractivity contribution in [2.75, 3.05) is 0 Å². The van der Waals surface area contributed by atoms with E-state index >= 15 is 0 Å². The van der Waals surface area contributed by atoms with E-state index < -0.39 is 5.97 Å². The van der Waals surface area contributed by atoms with E-state index in [1.807, 2.05) is 30.3 Å². The Balaban J connectivity index is 2.14. The summed E-state index contributed by atoms with van der Waals surface area (Å²) >= 11 is 1.59. The first kappa shape index (κ1) is 10.8. The lowest BCUT2D eigenvalue weighted by atomic mass is 10.2. The van der Waals surface area contributed by atoms with E-state index in [1.54, 1.807) is 36.0 Å². The molecule has 0 fully saturated rings. The van der Waals surface area contributed by atoms with Crippen molar-refractivity contribution in [1.29, 1.82) is 0 Å². The van der Waals surface area contributed by atoms with Crippen molar-refractivity contribution in [2.45, 2.75) is 9.79 Å². The Morgan fingerprint density at radius 1 is 0.812 bits per heavy atom. The van der Waals surface area contributed by atoms with Gasteiger partial charge in [-0.3, -0.25) is 0 Å². The van der Waals surface area contributed by atoms with Crippen molar-refractivity contribution in [2.24, 2.45) is 0 Å². The first-order chi connectivity index (χ1) is 7.75. The van der Waals surface area contributed by atoms with E-state index in [4.69, 9.17) is 0 Å². The van der Waals surface area contributed by atoms with Gasteiger partial charge in [-0.2, -0.15) is 0 Å². The first-order valence-corrected chi connectivity index (χ1v) is 5.62. The van der Waals surface area contributed by atoms with Crippen LogP contribution in [0.15, 0.2) is 64.4 Å². The van der Waals surface area contributed by atoms with Crippen LogP contribution in [0.1, 0.15) is 10.4 Å². The number of rotatable bonds is 3. The van der Waals surface area contributed by atoms with Crippen LogP contribution in [0.5, 0.6) is 0 Å². The summed E-state index contributed by atoms with van der Waals surface area (Å²) in [5, 5.41) is 10.6. The fraction of sp³-hybridized carbons (Fsp3) is 0. The molecule has 1 radical (unpaired) electrons. The van der Waals surface area contributed by atoms with Crippen molar-refractivity contribution in [1.82, 2.24) is 0 Å². The molecule has 0 aliphatic carbocycles. The van der Waals surface area contributed by atoms with E-state index in [9.17, 15) is 9.90 Å². The Morgan fingerprint density at radius 2 is 1.38 bits per heavy atom. The lowest BCUT2D eigenvalue weighted by Gasteiger charge is -2.01. The first-order valence-electron chi connectivity index (χ1n) is 4.80. The van der Waals surface area contributed by atoms with E-state index in [0.717, 1.165) is 9.79 Å². The zero-order valence-electron chi connectivity index (χ0n) is 8.42. The Hall–Kier alpha value is -1.74. The minimum absolute atomic E-state index is 0.206. The quantitative estimate of drug-likeness (QED) is 0.808. The van der Waals surface area contributed by atoms with Gasteiger partial charge in [0.05, 0.1) is 5.56 Å². The van der Waals surface area contributed by atoms with Crippen molar-refractivity contribution < 1.29 is 9.90 Å². The second-order valence-electron chi connectivity index (χ2n) is 3.23. The molecule has 2 nitrogen and oxygen atoms in total. The maximum absolute atomic E-state index is 10.6. The Labute approximate surface area is 97.9 Å². The van der Waals surface area contributed by atoms with Crippen LogP contribution in [0.4, 0.5) is 0 Å². The maximum Gasteiger partial charge on any atom is 0.386 e. The largest absolute Gasteiger partial charge is 0.386 e. The Morgan fingerprint density at radius 3 is 1.94 bits per heavy atom. The third-order valence-electron chi connectivity index (χ3n) is 2.07. The Kier molecular flexibility index (Phi) is 3.27. The molecule has 3 heteroatoms. The molecule has 2 rings (SSSR count). The van der Waals surface area contributed by atoms with Crippen LogP contribution < -0.4 is 0 Å². The highest BCUT2D eigenvalue weighted by atomic mass is 32.2. The van der Waals surface area contributed by atoms with Gasteiger partial charge >= 0.3 is 5.97 Å². The number of carbonyl (C=O) groups is 1. The highest BCUT2D eigenvalue weighted by Crippen LogP contribution is 2.27. The fourth-order valence-corrected chi connectivity index (χ4v) is 2.12. The van der Waals surface area contributed by atoms with Crippen molar-refractivity contribution in [3.63, 3.8) is 0 Å². The molecule has 79 valence electrons. The van der Waals surface area contributed by atoms with Crippen molar-refractivity contribution in [3.05, 3.63) is 60.2 Å². The van der Waals surface area contributed by atoms with Crippen LogP contribution in [-0.4, -0.2) is 5.97 Å². The molecule has 0 aliphatic rings. The normalized spacial score (nSPS) is 10.0. The molecule has 0 unspecified atom stereocenters. The van der Waals surface area contributed by atoms with Crippen LogP contribution in [0.25, 0.3) is 0 Å². The van der Waals surface area contributed by atoms with Gasteiger partial charge in [0.2, 0.25) is 0 Å². The lowest BCUT2D eigenvalue weighted by molar-refractivity contribution is 0.0573. The summed E-state index contributed by atoms with van der Waals surface area (Å²) in [6.45, 7) is 0. The smallest absolute Gasteiger partial charge is 0.242 e. The summed E-state index contributed by atoms with van der Waals surface area (Å²) in [4.78, 5) is 12.7. The molecular formula is C13H9O2S. The third kappa shape index (κ3) is 2.64. The van der Waals surface area contributed by atoms with Gasteiger partial charge in [-0.05, 0) is 36.4 Å². The molecular weight excluding hydrogens is 220 g/mol.